The minimum Gasteiger partial charge on any atom is -0.477 e. The summed E-state index contributed by atoms with van der Waals surface area (Å²) < 4.78 is 0. The summed E-state index contributed by atoms with van der Waals surface area (Å²) in [6.45, 7) is 3.58. The lowest BCUT2D eigenvalue weighted by Gasteiger charge is -2.13. The summed E-state index contributed by atoms with van der Waals surface area (Å²) in [7, 11) is 0. The number of carboxylic acid groups (broad SMARTS) is 2. The molecule has 0 unspecified atom stereocenters. The highest BCUT2D eigenvalue weighted by Crippen LogP contribution is 2.27. The minimum absolute atomic E-state index is 0.270. The summed E-state index contributed by atoms with van der Waals surface area (Å²) in [5, 5.41) is 27.0. The van der Waals surface area contributed by atoms with Crippen molar-refractivity contribution in [1.82, 2.24) is 0 Å². The molecule has 0 aliphatic heterocycles. The average Bonchev–Trinajstić information content (AvgIpc) is 2.42. The smallest absolute Gasteiger partial charge is 0.343 e. The van der Waals surface area contributed by atoms with Crippen LogP contribution >= 0.6 is 0 Å². The number of rotatable bonds is 5. The highest BCUT2D eigenvalue weighted by atomic mass is 16.4. The zero-order valence-corrected chi connectivity index (χ0v) is 11.3. The Labute approximate surface area is 116 Å². The molecule has 0 bridgehead atoms. The zero-order valence-electron chi connectivity index (χ0n) is 11.3. The molecule has 2 N–H and O–H groups in total. The molecule has 1 aromatic rings. The predicted octanol–water partition coefficient (Wildman–Crippen LogP) is 2.45. The van der Waals surface area contributed by atoms with Crippen LogP contribution in [0, 0.1) is 11.3 Å². The van der Waals surface area contributed by atoms with E-state index in [0.717, 1.165) is 5.56 Å². The van der Waals surface area contributed by atoms with E-state index in [-0.39, 0.29) is 12.0 Å². The molecule has 0 heterocycles. The van der Waals surface area contributed by atoms with Crippen molar-refractivity contribution in [3.8, 4) is 6.07 Å². The first-order valence-corrected chi connectivity index (χ1v) is 6.19. The number of nitriles is 1. The lowest BCUT2D eigenvalue weighted by Crippen LogP contribution is -2.14. The summed E-state index contributed by atoms with van der Waals surface area (Å²) >= 11 is 0. The Morgan fingerprint density at radius 3 is 2.20 bits per heavy atom. The maximum Gasteiger partial charge on any atom is 0.343 e. The van der Waals surface area contributed by atoms with E-state index >= 15 is 0 Å². The Balaban J connectivity index is 3.62. The van der Waals surface area contributed by atoms with Gasteiger partial charge in [0.2, 0.25) is 0 Å². The van der Waals surface area contributed by atoms with E-state index in [1.165, 1.54) is 0 Å². The molecule has 5 nitrogen and oxygen atoms in total. The highest BCUT2D eigenvalue weighted by molar-refractivity contribution is 6.18. The van der Waals surface area contributed by atoms with Crippen LogP contribution in [0.2, 0.25) is 0 Å². The van der Waals surface area contributed by atoms with Gasteiger partial charge in [-0.05, 0) is 41.7 Å². The van der Waals surface area contributed by atoms with Gasteiger partial charge in [0, 0.05) is 0 Å². The van der Waals surface area contributed by atoms with Gasteiger partial charge in [-0.3, -0.25) is 0 Å². The molecule has 0 saturated heterocycles. The molecular weight excluding hydrogens is 258 g/mol. The van der Waals surface area contributed by atoms with Crippen molar-refractivity contribution in [3.63, 3.8) is 0 Å². The lowest BCUT2D eigenvalue weighted by molar-refractivity contribution is -0.140. The fourth-order valence-corrected chi connectivity index (χ4v) is 2.10. The molecule has 0 saturated carbocycles. The second-order valence-electron chi connectivity index (χ2n) is 4.15. The molecule has 0 aromatic heterocycles. The van der Waals surface area contributed by atoms with Crippen molar-refractivity contribution < 1.29 is 19.8 Å². The van der Waals surface area contributed by atoms with Crippen molar-refractivity contribution in [2.24, 2.45) is 0 Å². The molecule has 0 radical (unpaired) electrons. The van der Waals surface area contributed by atoms with Gasteiger partial charge in [0.25, 0.3) is 0 Å². The molecular formula is C15H15NO4. The van der Waals surface area contributed by atoms with Gasteiger partial charge in [0.1, 0.15) is 5.57 Å². The molecule has 0 amide bonds. The zero-order chi connectivity index (χ0) is 15.3. The number of aliphatic carboxylic acids is 2. The first kappa shape index (κ1) is 15.4. The van der Waals surface area contributed by atoms with Crippen LogP contribution in [0.15, 0.2) is 23.8 Å². The van der Waals surface area contributed by atoms with Crippen molar-refractivity contribution >= 4 is 17.5 Å². The average molecular weight is 273 g/mol. The van der Waals surface area contributed by atoms with Gasteiger partial charge in [0.05, 0.1) is 11.6 Å². The number of hydrogen-bond acceptors (Lipinski definition) is 3. The number of aryl methyl sites for hydroxylation is 1. The van der Waals surface area contributed by atoms with Crippen molar-refractivity contribution in [2.45, 2.75) is 26.7 Å². The fraction of sp³-hybridized carbons (Fsp3) is 0.267. The number of allylic oxidation sites excluding steroid dienone is 1. The fourth-order valence-electron chi connectivity index (χ4n) is 2.10. The van der Waals surface area contributed by atoms with Crippen LogP contribution in [-0.2, 0) is 16.0 Å². The van der Waals surface area contributed by atoms with Crippen LogP contribution in [0.3, 0.4) is 0 Å². The monoisotopic (exact) mass is 273 g/mol. The summed E-state index contributed by atoms with van der Waals surface area (Å²) in [6.07, 6.45) is 0.869. The van der Waals surface area contributed by atoms with E-state index in [2.05, 4.69) is 0 Å². The van der Waals surface area contributed by atoms with Crippen molar-refractivity contribution in [1.29, 1.82) is 5.26 Å². The van der Waals surface area contributed by atoms with Crippen LogP contribution in [0.25, 0.3) is 5.57 Å². The molecule has 0 fully saturated rings. The number of carboxylic acids is 2. The third kappa shape index (κ3) is 3.04. The first-order valence-electron chi connectivity index (χ1n) is 6.19. The SMILES string of the molecule is CCC(=C(C(=O)O)C(=O)O)c1ccc(C#N)cc1CC. The molecule has 1 aromatic carbocycles. The molecule has 0 spiro atoms. The number of nitrogens with zero attached hydrogens (tertiary/aromatic N) is 1. The van der Waals surface area contributed by atoms with Crippen LogP contribution in [0.5, 0.6) is 0 Å². The number of benzene rings is 1. The maximum absolute atomic E-state index is 11.1. The summed E-state index contributed by atoms with van der Waals surface area (Å²) in [4.78, 5) is 22.3. The van der Waals surface area contributed by atoms with Gasteiger partial charge in [-0.1, -0.05) is 19.9 Å². The highest BCUT2D eigenvalue weighted by Gasteiger charge is 2.23. The van der Waals surface area contributed by atoms with Gasteiger partial charge in [0.15, 0.2) is 0 Å². The van der Waals surface area contributed by atoms with E-state index in [1.807, 2.05) is 13.0 Å². The first-order chi connectivity index (χ1) is 9.46. The molecule has 20 heavy (non-hydrogen) atoms. The standard InChI is InChI=1S/C15H15NO4/c1-3-10-7-9(8-16)5-6-12(10)11(4-2)13(14(17)18)15(19)20/h5-7H,3-4H2,1-2H3,(H,17,18)(H,19,20). The van der Waals surface area contributed by atoms with E-state index in [0.29, 0.717) is 17.5 Å². The molecule has 104 valence electrons. The summed E-state index contributed by atoms with van der Waals surface area (Å²) in [5.74, 6) is -2.92. The van der Waals surface area contributed by atoms with Gasteiger partial charge in [-0.15, -0.1) is 0 Å². The Kier molecular flexibility index (Phi) is 5.04. The van der Waals surface area contributed by atoms with Crippen LogP contribution in [0.4, 0.5) is 0 Å². The van der Waals surface area contributed by atoms with E-state index in [9.17, 15) is 9.59 Å². The van der Waals surface area contributed by atoms with Crippen molar-refractivity contribution in [3.05, 3.63) is 40.5 Å². The molecule has 1 rings (SSSR count). The second kappa shape index (κ2) is 6.53. The normalized spacial score (nSPS) is 9.65. The minimum atomic E-state index is -1.46. The van der Waals surface area contributed by atoms with E-state index in [4.69, 9.17) is 15.5 Å². The van der Waals surface area contributed by atoms with E-state index in [1.54, 1.807) is 25.1 Å². The Morgan fingerprint density at radius 1 is 1.20 bits per heavy atom. The van der Waals surface area contributed by atoms with Crippen LogP contribution < -0.4 is 0 Å². The third-order valence-corrected chi connectivity index (χ3v) is 3.02. The van der Waals surface area contributed by atoms with Gasteiger partial charge in [-0.25, -0.2) is 9.59 Å². The predicted molar refractivity (Wildman–Crippen MR) is 73.0 cm³/mol. The number of hydrogen-bond donors (Lipinski definition) is 2. The van der Waals surface area contributed by atoms with Gasteiger partial charge < -0.3 is 10.2 Å². The Morgan fingerprint density at radius 2 is 1.80 bits per heavy atom. The largest absolute Gasteiger partial charge is 0.477 e. The number of carbonyl (C=O) groups is 2. The van der Waals surface area contributed by atoms with Crippen LogP contribution in [0.1, 0.15) is 37.0 Å². The van der Waals surface area contributed by atoms with Crippen molar-refractivity contribution in [2.75, 3.05) is 0 Å². The lowest BCUT2D eigenvalue weighted by atomic mass is 9.91. The van der Waals surface area contributed by atoms with Crippen LogP contribution in [-0.4, -0.2) is 22.2 Å². The van der Waals surface area contributed by atoms with Gasteiger partial charge >= 0.3 is 11.9 Å². The Bertz CT molecular complexity index is 607. The summed E-state index contributed by atoms with van der Waals surface area (Å²) in [6, 6.07) is 6.85. The third-order valence-electron chi connectivity index (χ3n) is 3.02. The van der Waals surface area contributed by atoms with E-state index < -0.39 is 17.5 Å². The summed E-state index contributed by atoms with van der Waals surface area (Å²) in [5.41, 5.74) is 1.46. The second-order valence-corrected chi connectivity index (χ2v) is 4.15. The van der Waals surface area contributed by atoms with Gasteiger partial charge in [-0.2, -0.15) is 5.26 Å². The molecule has 0 atom stereocenters. The molecule has 0 aliphatic rings. The quantitative estimate of drug-likeness (QED) is 0.487. The Hall–Kier alpha value is -2.61. The molecule has 5 heteroatoms. The topological polar surface area (TPSA) is 98.4 Å². The maximum atomic E-state index is 11.1. The molecule has 0 aliphatic carbocycles.